The molecule has 0 atom stereocenters. The molecule has 4 heteroatoms. The lowest BCUT2D eigenvalue weighted by molar-refractivity contribution is 0.0793. The van der Waals surface area contributed by atoms with Gasteiger partial charge in [0.05, 0.1) is 5.52 Å². The van der Waals surface area contributed by atoms with E-state index in [0.29, 0.717) is 18.8 Å². The van der Waals surface area contributed by atoms with Crippen LogP contribution in [0.3, 0.4) is 0 Å². The van der Waals surface area contributed by atoms with Gasteiger partial charge in [-0.1, -0.05) is 24.3 Å². The van der Waals surface area contributed by atoms with Gasteiger partial charge in [-0.2, -0.15) is 0 Å². The predicted octanol–water partition coefficient (Wildman–Crippen LogP) is 1.27. The van der Waals surface area contributed by atoms with Gasteiger partial charge in [0, 0.05) is 25.5 Å². The summed E-state index contributed by atoms with van der Waals surface area (Å²) in [6.45, 7) is 0.989. The molecule has 1 aromatic carbocycles. The van der Waals surface area contributed by atoms with Crippen molar-refractivity contribution in [1.82, 2.24) is 9.88 Å². The van der Waals surface area contributed by atoms with Crippen LogP contribution >= 0.6 is 0 Å². The van der Waals surface area contributed by atoms with Gasteiger partial charge in [0.2, 0.25) is 0 Å². The van der Waals surface area contributed by atoms with Gasteiger partial charge >= 0.3 is 0 Å². The average Bonchev–Trinajstić information content (AvgIpc) is 2.37. The Kier molecular flexibility index (Phi) is 3.35. The number of nitrogens with zero attached hydrogens (tertiary/aromatic N) is 2. The van der Waals surface area contributed by atoms with E-state index < -0.39 is 0 Å². The highest BCUT2D eigenvalue weighted by Gasteiger charge is 2.12. The van der Waals surface area contributed by atoms with E-state index in [2.05, 4.69) is 4.98 Å². The van der Waals surface area contributed by atoms with E-state index in [1.165, 1.54) is 0 Å². The van der Waals surface area contributed by atoms with Gasteiger partial charge in [-0.05, 0) is 12.1 Å². The lowest BCUT2D eigenvalue weighted by Crippen LogP contribution is -2.32. The van der Waals surface area contributed by atoms with E-state index >= 15 is 0 Å². The number of hydrogen-bond acceptors (Lipinski definition) is 3. The molecule has 0 aliphatic carbocycles. The minimum atomic E-state index is -0.0961. The summed E-state index contributed by atoms with van der Waals surface area (Å²) in [5.41, 5.74) is 6.71. The number of benzene rings is 1. The molecule has 88 valence electrons. The summed E-state index contributed by atoms with van der Waals surface area (Å²) in [7, 11) is 1.73. The monoisotopic (exact) mass is 229 g/mol. The Balaban J connectivity index is 2.33. The van der Waals surface area contributed by atoms with Gasteiger partial charge in [0.15, 0.2) is 0 Å². The van der Waals surface area contributed by atoms with Crippen molar-refractivity contribution in [2.45, 2.75) is 0 Å². The van der Waals surface area contributed by atoms with E-state index in [9.17, 15) is 4.79 Å². The summed E-state index contributed by atoms with van der Waals surface area (Å²) in [4.78, 5) is 17.9. The number of fused-ring (bicyclic) bond motifs is 1. The number of carbonyl (C=O) groups is 1. The van der Waals surface area contributed by atoms with Gasteiger partial charge in [-0.15, -0.1) is 0 Å². The van der Waals surface area contributed by atoms with Crippen molar-refractivity contribution < 1.29 is 4.79 Å². The molecule has 0 fully saturated rings. The number of aromatic nitrogens is 1. The van der Waals surface area contributed by atoms with E-state index in [4.69, 9.17) is 5.73 Å². The lowest BCUT2D eigenvalue weighted by Gasteiger charge is -2.15. The molecular formula is C13H15N3O. The van der Waals surface area contributed by atoms with Gasteiger partial charge in [0.1, 0.15) is 5.69 Å². The van der Waals surface area contributed by atoms with Gasteiger partial charge in [-0.3, -0.25) is 4.79 Å². The van der Waals surface area contributed by atoms with Crippen molar-refractivity contribution in [3.05, 3.63) is 42.1 Å². The van der Waals surface area contributed by atoms with Crippen LogP contribution in [0.1, 0.15) is 10.5 Å². The average molecular weight is 229 g/mol. The maximum Gasteiger partial charge on any atom is 0.272 e. The number of amides is 1. The molecule has 1 aromatic heterocycles. The Bertz CT molecular complexity index is 539. The van der Waals surface area contributed by atoms with Crippen LogP contribution in [0, 0.1) is 0 Å². The normalized spacial score (nSPS) is 10.5. The highest BCUT2D eigenvalue weighted by atomic mass is 16.2. The van der Waals surface area contributed by atoms with Gasteiger partial charge < -0.3 is 10.6 Å². The first kappa shape index (κ1) is 11.5. The SMILES string of the molecule is CN(CCN)C(=O)c1ccc2ccccc2n1. The van der Waals surface area contributed by atoms with Gasteiger partial charge in [-0.25, -0.2) is 4.98 Å². The van der Waals surface area contributed by atoms with Crippen molar-refractivity contribution >= 4 is 16.8 Å². The summed E-state index contributed by atoms with van der Waals surface area (Å²) in [5.74, 6) is -0.0961. The summed E-state index contributed by atoms with van der Waals surface area (Å²) < 4.78 is 0. The molecule has 0 bridgehead atoms. The first-order chi connectivity index (χ1) is 8.22. The Hall–Kier alpha value is -1.94. The largest absolute Gasteiger partial charge is 0.339 e. The zero-order valence-electron chi connectivity index (χ0n) is 9.76. The highest BCUT2D eigenvalue weighted by molar-refractivity contribution is 5.94. The number of carbonyl (C=O) groups excluding carboxylic acids is 1. The van der Waals surface area contributed by atoms with Crippen molar-refractivity contribution in [2.75, 3.05) is 20.1 Å². The maximum atomic E-state index is 12.0. The fourth-order valence-corrected chi connectivity index (χ4v) is 1.68. The van der Waals surface area contributed by atoms with Crippen molar-refractivity contribution in [2.24, 2.45) is 5.73 Å². The van der Waals surface area contributed by atoms with Crippen LogP contribution in [-0.4, -0.2) is 35.9 Å². The third-order valence-corrected chi connectivity index (χ3v) is 2.63. The molecule has 0 saturated heterocycles. The lowest BCUT2D eigenvalue weighted by atomic mass is 10.2. The molecule has 2 aromatic rings. The number of nitrogens with two attached hydrogens (primary N) is 1. The van der Waals surface area contributed by atoms with Crippen LogP contribution in [-0.2, 0) is 0 Å². The fourth-order valence-electron chi connectivity index (χ4n) is 1.68. The predicted molar refractivity (Wildman–Crippen MR) is 67.8 cm³/mol. The quantitative estimate of drug-likeness (QED) is 0.862. The fraction of sp³-hybridized carbons (Fsp3) is 0.231. The molecule has 17 heavy (non-hydrogen) atoms. The molecule has 0 unspecified atom stereocenters. The number of para-hydroxylation sites is 1. The molecule has 0 radical (unpaired) electrons. The second-order valence-corrected chi connectivity index (χ2v) is 3.90. The van der Waals surface area contributed by atoms with Crippen LogP contribution in [0.4, 0.5) is 0 Å². The Morgan fingerprint density at radius 2 is 2.06 bits per heavy atom. The number of likely N-dealkylation sites (N-methyl/N-ethyl adjacent to an activating group) is 1. The minimum Gasteiger partial charge on any atom is -0.339 e. The molecule has 2 N–H and O–H groups in total. The zero-order chi connectivity index (χ0) is 12.3. The highest BCUT2D eigenvalue weighted by Crippen LogP contribution is 2.12. The molecule has 0 spiro atoms. The number of rotatable bonds is 3. The summed E-state index contributed by atoms with van der Waals surface area (Å²) in [6.07, 6.45) is 0. The van der Waals surface area contributed by atoms with Crippen molar-refractivity contribution in [3.8, 4) is 0 Å². The second kappa shape index (κ2) is 4.93. The zero-order valence-corrected chi connectivity index (χ0v) is 9.76. The Labute approximate surface area is 100 Å². The van der Waals surface area contributed by atoms with Crippen LogP contribution in [0.15, 0.2) is 36.4 Å². The first-order valence-electron chi connectivity index (χ1n) is 5.53. The van der Waals surface area contributed by atoms with Crippen LogP contribution < -0.4 is 5.73 Å². The molecule has 4 nitrogen and oxygen atoms in total. The van der Waals surface area contributed by atoms with E-state index in [1.54, 1.807) is 18.0 Å². The molecular weight excluding hydrogens is 214 g/mol. The third kappa shape index (κ3) is 2.42. The summed E-state index contributed by atoms with van der Waals surface area (Å²) in [5, 5.41) is 1.03. The molecule has 0 aliphatic heterocycles. The standard InChI is InChI=1S/C13H15N3O/c1-16(9-8-14)13(17)12-7-6-10-4-2-3-5-11(10)15-12/h2-7H,8-9,14H2,1H3. The van der Waals surface area contributed by atoms with E-state index in [0.717, 1.165) is 10.9 Å². The number of pyridine rings is 1. The third-order valence-electron chi connectivity index (χ3n) is 2.63. The van der Waals surface area contributed by atoms with Crippen molar-refractivity contribution in [1.29, 1.82) is 0 Å². The van der Waals surface area contributed by atoms with E-state index in [-0.39, 0.29) is 5.91 Å². The summed E-state index contributed by atoms with van der Waals surface area (Å²) in [6, 6.07) is 11.4. The molecule has 2 rings (SSSR count). The molecule has 0 aliphatic rings. The first-order valence-corrected chi connectivity index (χ1v) is 5.53. The van der Waals surface area contributed by atoms with Crippen LogP contribution in [0.2, 0.25) is 0 Å². The van der Waals surface area contributed by atoms with Crippen LogP contribution in [0.25, 0.3) is 10.9 Å². The van der Waals surface area contributed by atoms with Gasteiger partial charge in [0.25, 0.3) is 5.91 Å². The van der Waals surface area contributed by atoms with Crippen molar-refractivity contribution in [3.63, 3.8) is 0 Å². The topological polar surface area (TPSA) is 59.2 Å². The van der Waals surface area contributed by atoms with E-state index in [1.807, 2.05) is 30.3 Å². The summed E-state index contributed by atoms with van der Waals surface area (Å²) >= 11 is 0. The Morgan fingerprint density at radius 1 is 1.29 bits per heavy atom. The smallest absolute Gasteiger partial charge is 0.272 e. The molecule has 1 amide bonds. The Morgan fingerprint density at radius 3 is 2.82 bits per heavy atom. The maximum absolute atomic E-state index is 12.0. The molecule has 1 heterocycles. The molecule has 0 saturated carbocycles. The minimum absolute atomic E-state index is 0.0961. The van der Waals surface area contributed by atoms with Crippen LogP contribution in [0.5, 0.6) is 0 Å². The number of hydrogen-bond donors (Lipinski definition) is 1. The second-order valence-electron chi connectivity index (χ2n) is 3.90.